The summed E-state index contributed by atoms with van der Waals surface area (Å²) in [5, 5.41) is 11.7. The highest BCUT2D eigenvalue weighted by Crippen LogP contribution is 2.18. The average Bonchev–Trinajstić information content (AvgIpc) is 2.40. The SMILES string of the molecule is Cc1cc(C(=O)O)ccc1NC(=O)Cc1cccc(Br)c1. The lowest BCUT2D eigenvalue weighted by atomic mass is 10.1. The van der Waals surface area contributed by atoms with Gasteiger partial charge in [-0.25, -0.2) is 4.79 Å². The smallest absolute Gasteiger partial charge is 0.335 e. The second-order valence-electron chi connectivity index (χ2n) is 4.69. The van der Waals surface area contributed by atoms with Gasteiger partial charge in [0, 0.05) is 10.2 Å². The molecule has 0 aliphatic carbocycles. The Hall–Kier alpha value is -2.14. The monoisotopic (exact) mass is 347 g/mol. The molecule has 0 radical (unpaired) electrons. The van der Waals surface area contributed by atoms with Gasteiger partial charge >= 0.3 is 5.97 Å². The fraction of sp³-hybridized carbons (Fsp3) is 0.125. The van der Waals surface area contributed by atoms with Crippen LogP contribution in [-0.4, -0.2) is 17.0 Å². The van der Waals surface area contributed by atoms with Gasteiger partial charge in [-0.15, -0.1) is 0 Å². The molecule has 0 atom stereocenters. The quantitative estimate of drug-likeness (QED) is 0.887. The number of halogens is 1. The van der Waals surface area contributed by atoms with Crippen molar-refractivity contribution < 1.29 is 14.7 Å². The largest absolute Gasteiger partial charge is 0.478 e. The topological polar surface area (TPSA) is 66.4 Å². The molecule has 21 heavy (non-hydrogen) atoms. The Labute approximate surface area is 130 Å². The van der Waals surface area contributed by atoms with Gasteiger partial charge in [-0.3, -0.25) is 4.79 Å². The zero-order valence-corrected chi connectivity index (χ0v) is 13.0. The van der Waals surface area contributed by atoms with Crippen LogP contribution in [0.15, 0.2) is 46.9 Å². The molecular weight excluding hydrogens is 334 g/mol. The van der Waals surface area contributed by atoms with Gasteiger partial charge in [0.25, 0.3) is 0 Å². The lowest BCUT2D eigenvalue weighted by Crippen LogP contribution is -2.15. The second kappa shape index (κ2) is 6.54. The molecule has 0 bridgehead atoms. The number of aromatic carboxylic acids is 1. The van der Waals surface area contributed by atoms with E-state index in [0.29, 0.717) is 5.69 Å². The summed E-state index contributed by atoms with van der Waals surface area (Å²) in [6.45, 7) is 1.77. The number of hydrogen-bond donors (Lipinski definition) is 2. The summed E-state index contributed by atoms with van der Waals surface area (Å²) < 4.78 is 0.926. The van der Waals surface area contributed by atoms with Gasteiger partial charge in [0.15, 0.2) is 0 Å². The van der Waals surface area contributed by atoms with Gasteiger partial charge in [-0.2, -0.15) is 0 Å². The predicted octanol–water partition coefficient (Wildman–Crippen LogP) is 3.64. The maximum absolute atomic E-state index is 12.0. The number of carboxylic acids is 1. The maximum Gasteiger partial charge on any atom is 0.335 e. The van der Waals surface area contributed by atoms with Crippen LogP contribution >= 0.6 is 15.9 Å². The molecule has 0 saturated heterocycles. The lowest BCUT2D eigenvalue weighted by Gasteiger charge is -2.09. The van der Waals surface area contributed by atoms with Crippen molar-refractivity contribution in [1.29, 1.82) is 0 Å². The first-order chi connectivity index (χ1) is 9.95. The van der Waals surface area contributed by atoms with Crippen LogP contribution < -0.4 is 5.32 Å². The van der Waals surface area contributed by atoms with E-state index < -0.39 is 5.97 Å². The van der Waals surface area contributed by atoms with Gasteiger partial charge in [-0.1, -0.05) is 28.1 Å². The molecule has 1 amide bonds. The number of rotatable bonds is 4. The van der Waals surface area contributed by atoms with Crippen LogP contribution in [0.3, 0.4) is 0 Å². The van der Waals surface area contributed by atoms with E-state index in [-0.39, 0.29) is 17.9 Å². The van der Waals surface area contributed by atoms with E-state index in [1.54, 1.807) is 13.0 Å². The van der Waals surface area contributed by atoms with Crippen LogP contribution in [0.25, 0.3) is 0 Å². The van der Waals surface area contributed by atoms with Crippen LogP contribution in [0, 0.1) is 6.92 Å². The Balaban J connectivity index is 2.08. The van der Waals surface area contributed by atoms with E-state index >= 15 is 0 Å². The number of amides is 1. The van der Waals surface area contributed by atoms with Crippen LogP contribution in [-0.2, 0) is 11.2 Å². The Morgan fingerprint density at radius 3 is 2.57 bits per heavy atom. The molecule has 108 valence electrons. The minimum absolute atomic E-state index is 0.140. The van der Waals surface area contributed by atoms with Crippen LogP contribution in [0.4, 0.5) is 5.69 Å². The van der Waals surface area contributed by atoms with E-state index in [2.05, 4.69) is 21.2 Å². The summed E-state index contributed by atoms with van der Waals surface area (Å²) >= 11 is 3.36. The molecule has 4 nitrogen and oxygen atoms in total. The molecule has 0 fully saturated rings. The Bertz CT molecular complexity index is 698. The fourth-order valence-corrected chi connectivity index (χ4v) is 2.41. The number of nitrogens with one attached hydrogen (secondary N) is 1. The zero-order valence-electron chi connectivity index (χ0n) is 11.4. The van der Waals surface area contributed by atoms with Crippen LogP contribution in [0.1, 0.15) is 21.5 Å². The number of aryl methyl sites for hydroxylation is 1. The number of carboxylic acid groups (broad SMARTS) is 1. The van der Waals surface area contributed by atoms with Crippen molar-refractivity contribution in [3.8, 4) is 0 Å². The third-order valence-electron chi connectivity index (χ3n) is 3.00. The number of anilines is 1. The van der Waals surface area contributed by atoms with Crippen LogP contribution in [0.5, 0.6) is 0 Å². The highest BCUT2D eigenvalue weighted by molar-refractivity contribution is 9.10. The van der Waals surface area contributed by atoms with Crippen molar-refractivity contribution >= 4 is 33.5 Å². The first kappa shape index (κ1) is 15.3. The molecule has 0 unspecified atom stereocenters. The van der Waals surface area contributed by atoms with E-state index in [1.165, 1.54) is 12.1 Å². The highest BCUT2D eigenvalue weighted by Gasteiger charge is 2.09. The molecule has 0 saturated carbocycles. The van der Waals surface area contributed by atoms with Gasteiger partial charge in [-0.05, 0) is 48.4 Å². The third-order valence-corrected chi connectivity index (χ3v) is 3.49. The minimum atomic E-state index is -0.981. The number of carbonyl (C=O) groups excluding carboxylic acids is 1. The van der Waals surface area contributed by atoms with Crippen molar-refractivity contribution in [2.45, 2.75) is 13.3 Å². The lowest BCUT2D eigenvalue weighted by molar-refractivity contribution is -0.115. The normalized spacial score (nSPS) is 10.2. The molecule has 0 aromatic heterocycles. The molecule has 2 N–H and O–H groups in total. The van der Waals surface area contributed by atoms with Crippen molar-refractivity contribution in [2.75, 3.05) is 5.32 Å². The third kappa shape index (κ3) is 4.16. The number of carbonyl (C=O) groups is 2. The van der Waals surface area contributed by atoms with Crippen molar-refractivity contribution in [2.24, 2.45) is 0 Å². The van der Waals surface area contributed by atoms with E-state index in [0.717, 1.165) is 15.6 Å². The van der Waals surface area contributed by atoms with E-state index in [9.17, 15) is 9.59 Å². The van der Waals surface area contributed by atoms with Crippen molar-refractivity contribution in [3.63, 3.8) is 0 Å². The average molecular weight is 348 g/mol. The molecule has 2 aromatic rings. The summed E-state index contributed by atoms with van der Waals surface area (Å²) in [6, 6.07) is 12.2. The maximum atomic E-state index is 12.0. The van der Waals surface area contributed by atoms with Gasteiger partial charge in [0.05, 0.1) is 12.0 Å². The summed E-state index contributed by atoms with van der Waals surface area (Å²) in [7, 11) is 0. The molecule has 0 aliphatic heterocycles. The van der Waals surface area contributed by atoms with Crippen molar-refractivity contribution in [1.82, 2.24) is 0 Å². The number of hydrogen-bond acceptors (Lipinski definition) is 2. The summed E-state index contributed by atoms with van der Waals surface area (Å²) in [5.74, 6) is -1.12. The molecule has 0 spiro atoms. The summed E-state index contributed by atoms with van der Waals surface area (Å²) in [5.41, 5.74) is 2.46. The fourth-order valence-electron chi connectivity index (χ4n) is 1.96. The second-order valence-corrected chi connectivity index (χ2v) is 5.61. The van der Waals surface area contributed by atoms with Crippen LogP contribution in [0.2, 0.25) is 0 Å². The number of benzene rings is 2. The highest BCUT2D eigenvalue weighted by atomic mass is 79.9. The minimum Gasteiger partial charge on any atom is -0.478 e. The molecule has 2 aromatic carbocycles. The summed E-state index contributed by atoms with van der Waals surface area (Å²) in [4.78, 5) is 22.9. The standard InChI is InChI=1S/C16H14BrNO3/c1-10-7-12(16(20)21)5-6-14(10)18-15(19)9-11-3-2-4-13(17)8-11/h2-8H,9H2,1H3,(H,18,19)(H,20,21). The van der Waals surface area contributed by atoms with E-state index in [4.69, 9.17) is 5.11 Å². The van der Waals surface area contributed by atoms with Gasteiger partial charge in [0.1, 0.15) is 0 Å². The van der Waals surface area contributed by atoms with E-state index in [1.807, 2.05) is 24.3 Å². The zero-order chi connectivity index (χ0) is 15.4. The molecule has 2 rings (SSSR count). The van der Waals surface area contributed by atoms with Crippen molar-refractivity contribution in [3.05, 3.63) is 63.6 Å². The molecule has 5 heteroatoms. The first-order valence-electron chi connectivity index (χ1n) is 6.34. The predicted molar refractivity (Wildman–Crippen MR) is 84.6 cm³/mol. The summed E-state index contributed by atoms with van der Waals surface area (Å²) in [6.07, 6.45) is 0.263. The van der Waals surface area contributed by atoms with Gasteiger partial charge in [0.2, 0.25) is 5.91 Å². The van der Waals surface area contributed by atoms with Gasteiger partial charge < -0.3 is 10.4 Å². The Kier molecular flexibility index (Phi) is 4.75. The Morgan fingerprint density at radius 1 is 1.19 bits per heavy atom. The Morgan fingerprint density at radius 2 is 1.95 bits per heavy atom. The molecule has 0 aliphatic rings. The first-order valence-corrected chi connectivity index (χ1v) is 7.13. The molecule has 0 heterocycles. The molecular formula is C16H14BrNO3.